The van der Waals surface area contributed by atoms with Gasteiger partial charge in [-0.3, -0.25) is 4.79 Å². The maximum absolute atomic E-state index is 12.3. The number of aliphatic hydroxyl groups is 2. The number of allylic oxidation sites excluding steroid dienone is 1. The Balaban J connectivity index is 2.03. The van der Waals surface area contributed by atoms with Crippen molar-refractivity contribution in [1.29, 1.82) is 0 Å². The van der Waals surface area contributed by atoms with E-state index in [1.54, 1.807) is 33.8 Å². The molecular weight excluding hydrogens is 336 g/mol. The molecule has 3 aliphatic rings. The molecule has 0 aromatic rings. The SMILES string of the molecule is C/C=C(/C)C(=O)O[C@H]1CC(C)=C2C[C@H](O)[C@](C)(O)[C@@H]2[C@H]2OC(=O)[C@H](C)[C@@H]21. The highest BCUT2D eigenvalue weighted by Crippen LogP contribution is 2.53. The van der Waals surface area contributed by atoms with Crippen molar-refractivity contribution in [1.82, 2.24) is 0 Å². The van der Waals surface area contributed by atoms with Gasteiger partial charge in [0.25, 0.3) is 0 Å². The van der Waals surface area contributed by atoms with Crippen molar-refractivity contribution >= 4 is 11.9 Å². The third-order valence-electron chi connectivity index (χ3n) is 6.50. The summed E-state index contributed by atoms with van der Waals surface area (Å²) in [5, 5.41) is 21.3. The Morgan fingerprint density at radius 1 is 1.38 bits per heavy atom. The highest BCUT2D eigenvalue weighted by Gasteiger charge is 2.61. The van der Waals surface area contributed by atoms with E-state index in [1.165, 1.54) is 0 Å². The standard InChI is InChI=1S/C20H28O6/c1-6-9(2)18(22)25-13-7-10(3)12-8-14(21)20(5,24)16(12)17-15(13)11(4)19(23)26-17/h6,11,13-17,21,24H,7-8H2,1-5H3/b9-6-/t11-,13+,14+,15-,16+,17+,20+/m1/s1. The molecule has 144 valence electrons. The molecule has 2 aliphatic carbocycles. The predicted molar refractivity (Wildman–Crippen MR) is 93.9 cm³/mol. The normalized spacial score (nSPS) is 42.9. The summed E-state index contributed by atoms with van der Waals surface area (Å²) in [6.45, 7) is 8.77. The molecule has 6 heteroatoms. The molecular formula is C20H28O6. The predicted octanol–water partition coefficient (Wildman–Crippen LogP) is 1.89. The smallest absolute Gasteiger partial charge is 0.333 e. The Morgan fingerprint density at radius 3 is 2.65 bits per heavy atom. The van der Waals surface area contributed by atoms with Crippen LogP contribution in [-0.2, 0) is 19.1 Å². The van der Waals surface area contributed by atoms with E-state index in [0.717, 1.165) is 11.1 Å². The molecule has 0 amide bonds. The lowest BCUT2D eigenvalue weighted by molar-refractivity contribution is -0.153. The van der Waals surface area contributed by atoms with Crippen molar-refractivity contribution < 1.29 is 29.3 Å². The summed E-state index contributed by atoms with van der Waals surface area (Å²) >= 11 is 0. The van der Waals surface area contributed by atoms with Crippen LogP contribution in [0, 0.1) is 17.8 Å². The molecule has 1 heterocycles. The van der Waals surface area contributed by atoms with Gasteiger partial charge < -0.3 is 19.7 Å². The molecule has 0 radical (unpaired) electrons. The van der Waals surface area contributed by atoms with E-state index in [0.29, 0.717) is 18.4 Å². The number of fused-ring (bicyclic) bond motifs is 3. The van der Waals surface area contributed by atoms with Gasteiger partial charge in [-0.2, -0.15) is 0 Å². The summed E-state index contributed by atoms with van der Waals surface area (Å²) < 4.78 is 11.4. The average molecular weight is 364 g/mol. The fourth-order valence-corrected chi connectivity index (χ4v) is 4.70. The number of carbonyl (C=O) groups excluding carboxylic acids is 2. The van der Waals surface area contributed by atoms with E-state index in [1.807, 2.05) is 6.92 Å². The van der Waals surface area contributed by atoms with E-state index in [4.69, 9.17) is 9.47 Å². The maximum Gasteiger partial charge on any atom is 0.333 e. The van der Waals surface area contributed by atoms with Crippen LogP contribution >= 0.6 is 0 Å². The van der Waals surface area contributed by atoms with Crippen LogP contribution in [0.15, 0.2) is 22.8 Å². The highest BCUT2D eigenvalue weighted by molar-refractivity contribution is 5.87. The summed E-state index contributed by atoms with van der Waals surface area (Å²) in [6, 6.07) is 0. The molecule has 2 N–H and O–H groups in total. The topological polar surface area (TPSA) is 93.1 Å². The number of esters is 2. The Kier molecular flexibility index (Phi) is 4.78. The van der Waals surface area contributed by atoms with Crippen molar-refractivity contribution in [2.24, 2.45) is 17.8 Å². The minimum absolute atomic E-state index is 0.340. The van der Waals surface area contributed by atoms with Crippen LogP contribution in [0.1, 0.15) is 47.5 Å². The van der Waals surface area contributed by atoms with Crippen LogP contribution in [0.5, 0.6) is 0 Å². The molecule has 6 nitrogen and oxygen atoms in total. The largest absolute Gasteiger partial charge is 0.461 e. The fraction of sp³-hybridized carbons (Fsp3) is 0.700. The van der Waals surface area contributed by atoms with Crippen molar-refractivity contribution in [3.63, 3.8) is 0 Å². The van der Waals surface area contributed by atoms with E-state index in [2.05, 4.69) is 0 Å². The lowest BCUT2D eigenvalue weighted by Crippen LogP contribution is -2.48. The summed E-state index contributed by atoms with van der Waals surface area (Å²) in [5.74, 6) is -2.03. The van der Waals surface area contributed by atoms with Gasteiger partial charge in [0, 0.05) is 23.8 Å². The maximum atomic E-state index is 12.3. The van der Waals surface area contributed by atoms with Crippen molar-refractivity contribution in [2.75, 3.05) is 0 Å². The van der Waals surface area contributed by atoms with Gasteiger partial charge in [0.05, 0.1) is 17.6 Å². The van der Waals surface area contributed by atoms with Gasteiger partial charge in [0.2, 0.25) is 0 Å². The fourth-order valence-electron chi connectivity index (χ4n) is 4.70. The zero-order valence-corrected chi connectivity index (χ0v) is 16.0. The number of aliphatic hydroxyl groups excluding tert-OH is 1. The summed E-state index contributed by atoms with van der Waals surface area (Å²) in [5.41, 5.74) is 1.03. The van der Waals surface area contributed by atoms with E-state index < -0.39 is 41.7 Å². The number of ether oxygens (including phenoxy) is 2. The van der Waals surface area contributed by atoms with Crippen molar-refractivity contribution in [3.8, 4) is 0 Å². The molecule has 1 saturated carbocycles. The molecule has 2 fully saturated rings. The second-order valence-corrected chi connectivity index (χ2v) is 8.12. The molecule has 0 unspecified atom stereocenters. The van der Waals surface area contributed by atoms with Crippen LogP contribution in [0.4, 0.5) is 0 Å². The minimum atomic E-state index is -1.39. The Morgan fingerprint density at radius 2 is 2.04 bits per heavy atom. The molecule has 1 saturated heterocycles. The van der Waals surface area contributed by atoms with Gasteiger partial charge in [-0.25, -0.2) is 4.79 Å². The molecule has 0 aromatic heterocycles. The van der Waals surface area contributed by atoms with Gasteiger partial charge >= 0.3 is 11.9 Å². The van der Waals surface area contributed by atoms with Gasteiger partial charge in [0.1, 0.15) is 12.2 Å². The van der Waals surface area contributed by atoms with E-state index >= 15 is 0 Å². The highest BCUT2D eigenvalue weighted by atomic mass is 16.6. The first-order chi connectivity index (χ1) is 12.1. The van der Waals surface area contributed by atoms with E-state index in [-0.39, 0.29) is 11.9 Å². The summed E-state index contributed by atoms with van der Waals surface area (Å²) in [7, 11) is 0. The first-order valence-electron chi connectivity index (χ1n) is 9.22. The first-order valence-corrected chi connectivity index (χ1v) is 9.22. The molecule has 7 atom stereocenters. The van der Waals surface area contributed by atoms with Crippen molar-refractivity contribution in [2.45, 2.75) is 71.4 Å². The lowest BCUT2D eigenvalue weighted by atomic mass is 9.76. The second kappa shape index (κ2) is 6.50. The average Bonchev–Trinajstić information content (AvgIpc) is 2.94. The van der Waals surface area contributed by atoms with Crippen LogP contribution in [0.25, 0.3) is 0 Å². The molecule has 0 bridgehead atoms. The van der Waals surface area contributed by atoms with Crippen LogP contribution < -0.4 is 0 Å². The Labute approximate surface area is 153 Å². The zero-order valence-electron chi connectivity index (χ0n) is 16.0. The third-order valence-corrected chi connectivity index (χ3v) is 6.50. The van der Waals surface area contributed by atoms with Gasteiger partial charge in [-0.1, -0.05) is 24.1 Å². The molecule has 0 spiro atoms. The number of hydrogen-bond donors (Lipinski definition) is 2. The molecule has 3 rings (SSSR count). The molecule has 26 heavy (non-hydrogen) atoms. The number of carbonyl (C=O) groups is 2. The van der Waals surface area contributed by atoms with Crippen LogP contribution in [-0.4, -0.2) is 46.1 Å². The van der Waals surface area contributed by atoms with Gasteiger partial charge in [-0.05, 0) is 34.1 Å². The first kappa shape index (κ1) is 19.1. The number of rotatable bonds is 2. The van der Waals surface area contributed by atoms with Crippen molar-refractivity contribution in [3.05, 3.63) is 22.8 Å². The lowest BCUT2D eigenvalue weighted by Gasteiger charge is -2.35. The summed E-state index contributed by atoms with van der Waals surface area (Å²) in [6.07, 6.45) is 0.484. The second-order valence-electron chi connectivity index (χ2n) is 8.12. The Bertz CT molecular complexity index is 688. The Hall–Kier alpha value is -1.66. The van der Waals surface area contributed by atoms with Crippen LogP contribution in [0.2, 0.25) is 0 Å². The van der Waals surface area contributed by atoms with Crippen LogP contribution in [0.3, 0.4) is 0 Å². The summed E-state index contributed by atoms with van der Waals surface area (Å²) in [4.78, 5) is 24.6. The molecule has 0 aromatic carbocycles. The quantitative estimate of drug-likeness (QED) is 0.442. The molecule has 1 aliphatic heterocycles. The zero-order chi connectivity index (χ0) is 19.4. The minimum Gasteiger partial charge on any atom is -0.461 e. The number of hydrogen-bond acceptors (Lipinski definition) is 6. The monoisotopic (exact) mass is 364 g/mol. The van der Waals surface area contributed by atoms with E-state index in [9.17, 15) is 19.8 Å². The van der Waals surface area contributed by atoms with Gasteiger partial charge in [0.15, 0.2) is 0 Å². The third kappa shape index (κ3) is 2.79. The van der Waals surface area contributed by atoms with Gasteiger partial charge in [-0.15, -0.1) is 0 Å².